The molecule has 0 bridgehead atoms. The summed E-state index contributed by atoms with van der Waals surface area (Å²) in [5.74, 6) is -1.26. The van der Waals surface area contributed by atoms with Gasteiger partial charge in [-0.2, -0.15) is 0 Å². The van der Waals surface area contributed by atoms with Gasteiger partial charge in [-0.25, -0.2) is 19.7 Å². The SMILES string of the molecule is CC(=O)O[C@H]1[C@@H](OCc2ccccc2)[C@H](COC(=O)c2ccccc2)O[C@H]1n1cnc2c(NC(=O)c3ccccc3)ncnc21. The van der Waals surface area contributed by atoms with Crippen LogP contribution in [0.5, 0.6) is 0 Å². The zero-order valence-corrected chi connectivity index (χ0v) is 24.2. The molecule has 3 heterocycles. The Balaban J connectivity index is 1.30. The van der Waals surface area contributed by atoms with Crippen molar-refractivity contribution in [1.29, 1.82) is 0 Å². The summed E-state index contributed by atoms with van der Waals surface area (Å²) in [5, 5.41) is 2.78. The van der Waals surface area contributed by atoms with Gasteiger partial charge in [0.1, 0.15) is 25.1 Å². The van der Waals surface area contributed by atoms with Crippen LogP contribution in [0.2, 0.25) is 0 Å². The Bertz CT molecular complexity index is 1780. The maximum absolute atomic E-state index is 12.9. The Morgan fingerprint density at radius 2 is 1.51 bits per heavy atom. The number of benzene rings is 3. The van der Waals surface area contributed by atoms with Crippen LogP contribution in [-0.2, 0) is 30.3 Å². The number of ether oxygens (including phenoxy) is 4. The standard InChI is InChI=1S/C33H29N5O7/c1-21(39)44-28-27(42-17-22-11-5-2-6-12-22)25(18-43-33(41)24-15-9-4-10-16-24)45-32(28)38-20-36-26-29(34-19-35-30(26)38)37-31(40)23-13-7-3-8-14-23/h2-16,19-20,25,27-28,32H,17-18H2,1H3,(H,34,35,37,40)/t25-,27-,28-,32+/m0/s1. The van der Waals surface area contributed by atoms with Gasteiger partial charge in [0, 0.05) is 12.5 Å². The number of esters is 2. The molecule has 4 atom stereocenters. The van der Waals surface area contributed by atoms with E-state index in [2.05, 4.69) is 20.3 Å². The zero-order chi connectivity index (χ0) is 31.2. The molecule has 2 aromatic heterocycles. The molecule has 1 N–H and O–H groups in total. The van der Waals surface area contributed by atoms with Crippen molar-refractivity contribution in [3.05, 3.63) is 120 Å². The second-order valence-electron chi connectivity index (χ2n) is 10.2. The number of hydrogen-bond donors (Lipinski definition) is 1. The molecule has 1 saturated heterocycles. The van der Waals surface area contributed by atoms with Crippen LogP contribution in [-0.4, -0.2) is 62.3 Å². The minimum Gasteiger partial charge on any atom is -0.459 e. The van der Waals surface area contributed by atoms with E-state index in [1.165, 1.54) is 19.6 Å². The second kappa shape index (κ2) is 13.5. The number of rotatable bonds is 10. The Labute approximate surface area is 257 Å². The lowest BCUT2D eigenvalue weighted by Crippen LogP contribution is -2.39. The molecule has 1 amide bonds. The van der Waals surface area contributed by atoms with Crippen molar-refractivity contribution < 1.29 is 33.3 Å². The molecule has 0 aliphatic carbocycles. The van der Waals surface area contributed by atoms with Crippen molar-refractivity contribution in [2.45, 2.75) is 38.1 Å². The first kappa shape index (κ1) is 29.6. The maximum Gasteiger partial charge on any atom is 0.338 e. The first-order valence-electron chi connectivity index (χ1n) is 14.2. The average molecular weight is 608 g/mol. The van der Waals surface area contributed by atoms with E-state index < -0.39 is 36.5 Å². The van der Waals surface area contributed by atoms with E-state index in [1.807, 2.05) is 36.4 Å². The molecule has 1 fully saturated rings. The van der Waals surface area contributed by atoms with Crippen LogP contribution in [0.3, 0.4) is 0 Å². The molecule has 1 aliphatic heterocycles. The van der Waals surface area contributed by atoms with Gasteiger partial charge in [0.25, 0.3) is 5.91 Å². The summed E-state index contributed by atoms with van der Waals surface area (Å²) in [6, 6.07) is 26.8. The van der Waals surface area contributed by atoms with Crippen molar-refractivity contribution in [3.63, 3.8) is 0 Å². The third-order valence-electron chi connectivity index (χ3n) is 7.16. The van der Waals surface area contributed by atoms with Gasteiger partial charge in [-0.05, 0) is 29.8 Å². The first-order chi connectivity index (χ1) is 22.0. The van der Waals surface area contributed by atoms with E-state index in [4.69, 9.17) is 18.9 Å². The third-order valence-corrected chi connectivity index (χ3v) is 7.16. The van der Waals surface area contributed by atoms with Gasteiger partial charge < -0.3 is 24.3 Å². The molecule has 0 saturated carbocycles. The van der Waals surface area contributed by atoms with Gasteiger partial charge in [-0.1, -0.05) is 66.7 Å². The van der Waals surface area contributed by atoms with Crippen LogP contribution in [0, 0.1) is 0 Å². The first-order valence-corrected chi connectivity index (χ1v) is 14.2. The number of imidazole rings is 1. The molecular formula is C33H29N5O7. The van der Waals surface area contributed by atoms with Gasteiger partial charge in [0.2, 0.25) is 0 Å². The lowest BCUT2D eigenvalue weighted by molar-refractivity contribution is -0.158. The van der Waals surface area contributed by atoms with Crippen LogP contribution >= 0.6 is 0 Å². The lowest BCUT2D eigenvalue weighted by atomic mass is 10.1. The van der Waals surface area contributed by atoms with Gasteiger partial charge in [-0.15, -0.1) is 0 Å². The maximum atomic E-state index is 12.9. The van der Waals surface area contributed by atoms with Crippen LogP contribution < -0.4 is 5.32 Å². The molecule has 12 nitrogen and oxygen atoms in total. The van der Waals surface area contributed by atoms with Crippen molar-refractivity contribution in [2.24, 2.45) is 0 Å². The number of hydrogen-bond acceptors (Lipinski definition) is 10. The number of nitrogens with zero attached hydrogens (tertiary/aromatic N) is 4. The van der Waals surface area contributed by atoms with E-state index in [1.54, 1.807) is 59.2 Å². The molecule has 228 valence electrons. The Morgan fingerprint density at radius 1 is 0.844 bits per heavy atom. The highest BCUT2D eigenvalue weighted by molar-refractivity contribution is 6.06. The number of anilines is 1. The summed E-state index contributed by atoms with van der Waals surface area (Å²) in [4.78, 5) is 51.1. The van der Waals surface area contributed by atoms with E-state index in [0.29, 0.717) is 22.3 Å². The van der Waals surface area contributed by atoms with E-state index >= 15 is 0 Å². The third kappa shape index (κ3) is 6.71. The molecule has 1 aliphatic rings. The van der Waals surface area contributed by atoms with Gasteiger partial charge in [0.15, 0.2) is 29.3 Å². The number of nitrogens with one attached hydrogen (secondary N) is 1. The largest absolute Gasteiger partial charge is 0.459 e. The van der Waals surface area contributed by atoms with Crippen LogP contribution in [0.1, 0.15) is 39.4 Å². The van der Waals surface area contributed by atoms with Gasteiger partial charge in [-0.3, -0.25) is 14.2 Å². The molecule has 3 aromatic carbocycles. The van der Waals surface area contributed by atoms with Crippen molar-refractivity contribution in [3.8, 4) is 0 Å². The number of carbonyl (C=O) groups excluding carboxylic acids is 3. The highest BCUT2D eigenvalue weighted by Crippen LogP contribution is 2.37. The normalized spacial score (nSPS) is 19.2. The summed E-state index contributed by atoms with van der Waals surface area (Å²) in [7, 11) is 0. The number of carbonyl (C=O) groups is 3. The van der Waals surface area contributed by atoms with E-state index in [-0.39, 0.29) is 24.9 Å². The number of aromatic nitrogens is 4. The van der Waals surface area contributed by atoms with Crippen LogP contribution in [0.4, 0.5) is 5.82 Å². The minimum absolute atomic E-state index is 0.179. The smallest absolute Gasteiger partial charge is 0.338 e. The monoisotopic (exact) mass is 607 g/mol. The highest BCUT2D eigenvalue weighted by atomic mass is 16.6. The fourth-order valence-electron chi connectivity index (χ4n) is 5.07. The summed E-state index contributed by atoms with van der Waals surface area (Å²) >= 11 is 0. The summed E-state index contributed by atoms with van der Waals surface area (Å²) in [6.07, 6.45) is -0.842. The van der Waals surface area contributed by atoms with Crippen molar-refractivity contribution in [2.75, 3.05) is 11.9 Å². The quantitative estimate of drug-likeness (QED) is 0.228. The molecule has 6 rings (SSSR count). The van der Waals surface area contributed by atoms with E-state index in [0.717, 1.165) is 5.56 Å². The number of amides is 1. The Kier molecular flexibility index (Phi) is 8.85. The molecular weight excluding hydrogens is 578 g/mol. The fraction of sp³-hybridized carbons (Fsp3) is 0.212. The molecule has 0 spiro atoms. The fourth-order valence-corrected chi connectivity index (χ4v) is 5.07. The molecule has 0 radical (unpaired) electrons. The predicted molar refractivity (Wildman–Crippen MR) is 161 cm³/mol. The lowest BCUT2D eigenvalue weighted by Gasteiger charge is -2.24. The second-order valence-corrected chi connectivity index (χ2v) is 10.2. The molecule has 5 aromatic rings. The van der Waals surface area contributed by atoms with Crippen molar-refractivity contribution in [1.82, 2.24) is 19.5 Å². The minimum atomic E-state index is -0.971. The topological polar surface area (TPSA) is 144 Å². The zero-order valence-electron chi connectivity index (χ0n) is 24.2. The molecule has 0 unspecified atom stereocenters. The number of fused-ring (bicyclic) bond motifs is 1. The van der Waals surface area contributed by atoms with Crippen molar-refractivity contribution >= 4 is 34.8 Å². The van der Waals surface area contributed by atoms with E-state index in [9.17, 15) is 14.4 Å². The van der Waals surface area contributed by atoms with Gasteiger partial charge >= 0.3 is 11.9 Å². The average Bonchev–Trinajstić information content (AvgIpc) is 3.65. The van der Waals surface area contributed by atoms with Crippen LogP contribution in [0.15, 0.2) is 104 Å². The highest BCUT2D eigenvalue weighted by Gasteiger charge is 2.50. The van der Waals surface area contributed by atoms with Crippen LogP contribution in [0.25, 0.3) is 11.2 Å². The summed E-state index contributed by atoms with van der Waals surface area (Å²) < 4.78 is 25.7. The predicted octanol–water partition coefficient (Wildman–Crippen LogP) is 4.35. The van der Waals surface area contributed by atoms with Gasteiger partial charge in [0.05, 0.1) is 18.5 Å². The Hall–Kier alpha value is -5.46. The summed E-state index contributed by atoms with van der Waals surface area (Å²) in [5.41, 5.74) is 2.34. The summed E-state index contributed by atoms with van der Waals surface area (Å²) in [6.45, 7) is 1.30. The Morgan fingerprint density at radius 3 is 2.20 bits per heavy atom. The molecule has 45 heavy (non-hydrogen) atoms. The molecule has 12 heteroatoms.